The number of amides is 1. The van der Waals surface area contributed by atoms with E-state index in [1.807, 2.05) is 36.4 Å². The van der Waals surface area contributed by atoms with Crippen LogP contribution in [-0.2, 0) is 18.4 Å². The summed E-state index contributed by atoms with van der Waals surface area (Å²) in [6.07, 6.45) is 5.24. The van der Waals surface area contributed by atoms with E-state index in [0.717, 1.165) is 30.4 Å². The SMILES string of the molecule is O=C(O)N1CCC23CCCCC2C1Cc1cc(O)c(OCc2ccccc2)cc13. The van der Waals surface area contributed by atoms with Crippen LogP contribution in [0.2, 0.25) is 0 Å². The summed E-state index contributed by atoms with van der Waals surface area (Å²) in [5, 5.41) is 20.3. The number of nitrogens with zero attached hydrogens (tertiary/aromatic N) is 1. The lowest BCUT2D eigenvalue weighted by molar-refractivity contribution is -0.00296. The number of likely N-dealkylation sites (tertiary alicyclic amines) is 1. The molecule has 2 aromatic rings. The number of fused-ring (bicyclic) bond motifs is 1. The third-order valence-electron chi connectivity index (χ3n) is 7.39. The standard InChI is InChI=1S/C24H27NO4/c26-21-13-17-12-20-18-8-4-5-9-24(18,10-11-25(20)23(27)28)19(17)14-22(21)29-15-16-6-2-1-3-7-16/h1-3,6-7,13-14,18,20,26H,4-5,8-12,15H2,(H,27,28). The van der Waals surface area contributed by atoms with Crippen molar-refractivity contribution in [3.63, 3.8) is 0 Å². The van der Waals surface area contributed by atoms with Gasteiger partial charge in [0.15, 0.2) is 11.5 Å². The molecule has 0 radical (unpaired) electrons. The molecule has 3 unspecified atom stereocenters. The number of hydrogen-bond donors (Lipinski definition) is 2. The lowest BCUT2D eigenvalue weighted by Crippen LogP contribution is -2.61. The molecule has 2 fully saturated rings. The molecule has 0 aromatic heterocycles. The van der Waals surface area contributed by atoms with Crippen LogP contribution in [0.25, 0.3) is 0 Å². The number of ether oxygens (including phenoxy) is 1. The lowest BCUT2D eigenvalue weighted by Gasteiger charge is -2.58. The van der Waals surface area contributed by atoms with Gasteiger partial charge < -0.3 is 19.8 Å². The van der Waals surface area contributed by atoms with Gasteiger partial charge in [-0.3, -0.25) is 0 Å². The topological polar surface area (TPSA) is 70.0 Å². The molecule has 1 aliphatic heterocycles. The number of phenolic OH excluding ortho intramolecular Hbond substituents is 1. The van der Waals surface area contributed by atoms with Crippen LogP contribution in [0.15, 0.2) is 42.5 Å². The van der Waals surface area contributed by atoms with Crippen molar-refractivity contribution < 1.29 is 19.7 Å². The first-order valence-electron chi connectivity index (χ1n) is 10.6. The van der Waals surface area contributed by atoms with Crippen LogP contribution in [0, 0.1) is 5.92 Å². The number of piperidine rings is 1. The average Bonchev–Trinajstić information content (AvgIpc) is 2.73. The van der Waals surface area contributed by atoms with Crippen molar-refractivity contribution in [3.8, 4) is 11.5 Å². The molecule has 2 aromatic carbocycles. The van der Waals surface area contributed by atoms with Crippen molar-refractivity contribution in [2.45, 2.75) is 56.6 Å². The molecule has 2 N–H and O–H groups in total. The van der Waals surface area contributed by atoms with Crippen LogP contribution in [0.4, 0.5) is 4.79 Å². The maximum absolute atomic E-state index is 11.8. The maximum atomic E-state index is 11.8. The van der Waals surface area contributed by atoms with Gasteiger partial charge in [0.25, 0.3) is 0 Å². The predicted octanol–water partition coefficient (Wildman–Crippen LogP) is 4.71. The summed E-state index contributed by atoms with van der Waals surface area (Å²) in [7, 11) is 0. The summed E-state index contributed by atoms with van der Waals surface area (Å²) >= 11 is 0. The Hall–Kier alpha value is -2.69. The summed E-state index contributed by atoms with van der Waals surface area (Å²) in [5.41, 5.74) is 3.45. The van der Waals surface area contributed by atoms with Gasteiger partial charge in [-0.2, -0.15) is 0 Å². The molecule has 5 heteroatoms. The average molecular weight is 393 g/mol. The first kappa shape index (κ1) is 18.3. The Morgan fingerprint density at radius 3 is 2.79 bits per heavy atom. The van der Waals surface area contributed by atoms with Crippen molar-refractivity contribution in [1.29, 1.82) is 0 Å². The number of rotatable bonds is 3. The van der Waals surface area contributed by atoms with Crippen LogP contribution in [0.3, 0.4) is 0 Å². The van der Waals surface area contributed by atoms with E-state index in [4.69, 9.17) is 4.74 Å². The Bertz CT molecular complexity index is 928. The van der Waals surface area contributed by atoms with Gasteiger partial charge in [0.05, 0.1) is 0 Å². The van der Waals surface area contributed by atoms with Crippen LogP contribution < -0.4 is 4.74 Å². The normalized spacial score (nSPS) is 27.7. The lowest BCUT2D eigenvalue weighted by atomic mass is 9.52. The van der Waals surface area contributed by atoms with Crippen LogP contribution in [0.1, 0.15) is 48.8 Å². The highest BCUT2D eigenvalue weighted by atomic mass is 16.5. The largest absolute Gasteiger partial charge is 0.504 e. The van der Waals surface area contributed by atoms with E-state index < -0.39 is 6.09 Å². The Morgan fingerprint density at radius 2 is 2.00 bits per heavy atom. The molecule has 2 aliphatic carbocycles. The van der Waals surface area contributed by atoms with E-state index in [9.17, 15) is 15.0 Å². The molecule has 1 heterocycles. The molecule has 3 aliphatic rings. The van der Waals surface area contributed by atoms with Crippen LogP contribution >= 0.6 is 0 Å². The van der Waals surface area contributed by atoms with Gasteiger partial charge in [0.2, 0.25) is 0 Å². The molecule has 5 rings (SSSR count). The van der Waals surface area contributed by atoms with Gasteiger partial charge in [0, 0.05) is 18.0 Å². The maximum Gasteiger partial charge on any atom is 0.407 e. The van der Waals surface area contributed by atoms with E-state index in [2.05, 4.69) is 6.07 Å². The second-order valence-corrected chi connectivity index (χ2v) is 8.76. The van der Waals surface area contributed by atoms with Gasteiger partial charge in [-0.25, -0.2) is 4.79 Å². The van der Waals surface area contributed by atoms with E-state index in [1.54, 1.807) is 4.90 Å². The number of carboxylic acid groups (broad SMARTS) is 1. The highest BCUT2D eigenvalue weighted by Gasteiger charge is 2.55. The third kappa shape index (κ3) is 2.95. The third-order valence-corrected chi connectivity index (χ3v) is 7.39. The fraction of sp³-hybridized carbons (Fsp3) is 0.458. The van der Waals surface area contributed by atoms with E-state index in [-0.39, 0.29) is 17.2 Å². The van der Waals surface area contributed by atoms with Crippen molar-refractivity contribution in [3.05, 3.63) is 59.2 Å². The second kappa shape index (κ2) is 6.97. The Kier molecular flexibility index (Phi) is 4.41. The van der Waals surface area contributed by atoms with Gasteiger partial charge >= 0.3 is 6.09 Å². The van der Waals surface area contributed by atoms with Crippen molar-refractivity contribution in [2.24, 2.45) is 5.92 Å². The Balaban J connectivity index is 1.52. The molecule has 2 bridgehead atoms. The van der Waals surface area contributed by atoms with E-state index >= 15 is 0 Å². The fourth-order valence-corrected chi connectivity index (χ4v) is 6.12. The number of phenols is 1. The van der Waals surface area contributed by atoms with Crippen LogP contribution in [0.5, 0.6) is 11.5 Å². The number of hydrogen-bond acceptors (Lipinski definition) is 3. The summed E-state index contributed by atoms with van der Waals surface area (Å²) in [5.74, 6) is 1.04. The van der Waals surface area contributed by atoms with Crippen molar-refractivity contribution in [1.82, 2.24) is 4.90 Å². The number of aromatic hydroxyl groups is 1. The summed E-state index contributed by atoms with van der Waals surface area (Å²) in [4.78, 5) is 13.5. The fourth-order valence-electron chi connectivity index (χ4n) is 6.12. The van der Waals surface area contributed by atoms with Gasteiger partial charge in [0.1, 0.15) is 6.61 Å². The molecule has 3 atom stereocenters. The van der Waals surface area contributed by atoms with Gasteiger partial charge in [-0.15, -0.1) is 0 Å². The monoisotopic (exact) mass is 393 g/mol. The number of carbonyl (C=O) groups is 1. The first-order chi connectivity index (χ1) is 14.1. The minimum atomic E-state index is -0.815. The van der Waals surface area contributed by atoms with Gasteiger partial charge in [-0.1, -0.05) is 43.2 Å². The molecular weight excluding hydrogens is 366 g/mol. The predicted molar refractivity (Wildman–Crippen MR) is 109 cm³/mol. The molecule has 1 saturated carbocycles. The Labute approximate surface area is 170 Å². The molecular formula is C24H27NO4. The van der Waals surface area contributed by atoms with Crippen molar-refractivity contribution in [2.75, 3.05) is 6.54 Å². The minimum absolute atomic E-state index is 0.0149. The van der Waals surface area contributed by atoms with E-state index in [0.29, 0.717) is 31.2 Å². The molecule has 0 spiro atoms. The summed E-state index contributed by atoms with van der Waals surface area (Å²) in [6, 6.07) is 13.8. The van der Waals surface area contributed by atoms with Crippen LogP contribution in [-0.4, -0.2) is 33.8 Å². The van der Waals surface area contributed by atoms with Gasteiger partial charge in [-0.05, 0) is 60.4 Å². The molecule has 29 heavy (non-hydrogen) atoms. The smallest absolute Gasteiger partial charge is 0.407 e. The molecule has 152 valence electrons. The Morgan fingerprint density at radius 1 is 1.17 bits per heavy atom. The minimum Gasteiger partial charge on any atom is -0.504 e. The first-order valence-corrected chi connectivity index (χ1v) is 10.6. The zero-order chi connectivity index (χ0) is 20.0. The summed E-state index contributed by atoms with van der Waals surface area (Å²) < 4.78 is 6.01. The second-order valence-electron chi connectivity index (χ2n) is 8.76. The highest BCUT2D eigenvalue weighted by Crippen LogP contribution is 2.57. The zero-order valence-electron chi connectivity index (χ0n) is 16.5. The van der Waals surface area contributed by atoms with Crippen molar-refractivity contribution >= 4 is 6.09 Å². The summed E-state index contributed by atoms with van der Waals surface area (Å²) in [6.45, 7) is 1.01. The van der Waals surface area contributed by atoms with E-state index in [1.165, 1.54) is 18.4 Å². The molecule has 1 saturated heterocycles. The zero-order valence-corrected chi connectivity index (χ0v) is 16.5. The molecule has 5 nitrogen and oxygen atoms in total. The quantitative estimate of drug-likeness (QED) is 0.792. The molecule has 1 amide bonds. The number of benzene rings is 2. The highest BCUT2D eigenvalue weighted by molar-refractivity contribution is 5.66.